The summed E-state index contributed by atoms with van der Waals surface area (Å²) in [6.45, 7) is 2.18. The van der Waals surface area contributed by atoms with Gasteiger partial charge in [0.2, 0.25) is 0 Å². The van der Waals surface area contributed by atoms with Crippen molar-refractivity contribution >= 4 is 28.6 Å². The van der Waals surface area contributed by atoms with Gasteiger partial charge in [0.15, 0.2) is 6.10 Å². The first-order chi connectivity index (χ1) is 10.8. The average molecular weight is 335 g/mol. The summed E-state index contributed by atoms with van der Waals surface area (Å²) in [5, 5.41) is 4.19. The van der Waals surface area contributed by atoms with Crippen LogP contribution in [0.5, 0.6) is 0 Å². The van der Waals surface area contributed by atoms with Crippen molar-refractivity contribution in [2.75, 3.05) is 26.4 Å². The Bertz CT molecular complexity index is 646. The molecule has 2 aromatic heterocycles. The van der Waals surface area contributed by atoms with Gasteiger partial charge in [0.05, 0.1) is 25.9 Å². The van der Waals surface area contributed by atoms with E-state index in [-0.39, 0.29) is 11.9 Å². The molecule has 0 aliphatic carbocycles. The molecule has 4 rings (SSSR count). The molecule has 2 aliphatic rings. The molecule has 0 N–H and O–H groups in total. The Balaban J connectivity index is 1.67. The number of fused-ring (bicyclic) bond motifs is 1. The summed E-state index contributed by atoms with van der Waals surface area (Å²) in [6.07, 6.45) is 0.463. The van der Waals surface area contributed by atoms with Crippen LogP contribution in [0, 0.1) is 0 Å². The summed E-state index contributed by atoms with van der Waals surface area (Å²) in [5.41, 5.74) is 1.27. The van der Waals surface area contributed by atoms with Crippen LogP contribution in [0.4, 0.5) is 0 Å². The minimum absolute atomic E-state index is 0.0213. The lowest BCUT2D eigenvalue weighted by atomic mass is 9.98. The fourth-order valence-corrected chi connectivity index (χ4v) is 4.88. The van der Waals surface area contributed by atoms with E-state index in [2.05, 4.69) is 22.9 Å². The van der Waals surface area contributed by atoms with Crippen molar-refractivity contribution in [2.24, 2.45) is 0 Å². The van der Waals surface area contributed by atoms with E-state index in [1.165, 1.54) is 15.3 Å². The molecule has 1 fully saturated rings. The number of rotatable bonds is 2. The Hall–Kier alpha value is -1.21. The van der Waals surface area contributed by atoms with E-state index in [1.54, 1.807) is 22.7 Å². The average Bonchev–Trinajstić information content (AvgIpc) is 3.25. The monoisotopic (exact) mass is 335 g/mol. The van der Waals surface area contributed by atoms with Crippen LogP contribution in [0.3, 0.4) is 0 Å². The number of amides is 1. The molecule has 2 aromatic rings. The second kappa shape index (κ2) is 6.12. The van der Waals surface area contributed by atoms with E-state index >= 15 is 0 Å². The lowest BCUT2D eigenvalue weighted by Crippen LogP contribution is -2.48. The van der Waals surface area contributed by atoms with E-state index in [4.69, 9.17) is 9.47 Å². The summed E-state index contributed by atoms with van der Waals surface area (Å²) >= 11 is 3.49. The highest BCUT2D eigenvalue weighted by atomic mass is 32.1. The zero-order valence-corrected chi connectivity index (χ0v) is 13.7. The molecule has 2 atom stereocenters. The Labute approximate surface area is 137 Å². The van der Waals surface area contributed by atoms with Crippen LogP contribution in [0.1, 0.15) is 21.4 Å². The molecule has 1 amide bonds. The first-order valence-electron chi connectivity index (χ1n) is 7.44. The number of nitrogens with zero attached hydrogens (tertiary/aromatic N) is 1. The lowest BCUT2D eigenvalue weighted by Gasteiger charge is -2.38. The van der Waals surface area contributed by atoms with Crippen LogP contribution in [0.25, 0.3) is 0 Å². The Kier molecular flexibility index (Phi) is 4.00. The minimum Gasteiger partial charge on any atom is -0.376 e. The maximum Gasteiger partial charge on any atom is 0.254 e. The van der Waals surface area contributed by atoms with E-state index < -0.39 is 6.10 Å². The normalized spacial score (nSPS) is 25.0. The van der Waals surface area contributed by atoms with E-state index in [9.17, 15) is 4.79 Å². The molecule has 116 valence electrons. The smallest absolute Gasteiger partial charge is 0.254 e. The van der Waals surface area contributed by atoms with Crippen molar-refractivity contribution in [1.82, 2.24) is 4.90 Å². The van der Waals surface area contributed by atoms with Crippen LogP contribution >= 0.6 is 22.7 Å². The first kappa shape index (κ1) is 14.4. The summed E-state index contributed by atoms with van der Waals surface area (Å²) in [6, 6.07) is 6.33. The molecular weight excluding hydrogens is 318 g/mol. The van der Waals surface area contributed by atoms with Gasteiger partial charge in [-0.05, 0) is 34.9 Å². The third-order valence-electron chi connectivity index (χ3n) is 4.15. The molecule has 0 radical (unpaired) electrons. The Morgan fingerprint density at radius 1 is 1.23 bits per heavy atom. The second-order valence-corrected chi connectivity index (χ2v) is 7.41. The van der Waals surface area contributed by atoms with Crippen molar-refractivity contribution < 1.29 is 14.3 Å². The highest BCUT2D eigenvalue weighted by Crippen LogP contribution is 2.39. The molecule has 22 heavy (non-hydrogen) atoms. The van der Waals surface area contributed by atoms with Gasteiger partial charge in [-0.3, -0.25) is 4.79 Å². The van der Waals surface area contributed by atoms with Crippen LogP contribution < -0.4 is 0 Å². The predicted molar refractivity (Wildman–Crippen MR) is 86.5 cm³/mol. The van der Waals surface area contributed by atoms with Crippen molar-refractivity contribution in [3.8, 4) is 0 Å². The summed E-state index contributed by atoms with van der Waals surface area (Å²) in [4.78, 5) is 17.5. The highest BCUT2D eigenvalue weighted by Gasteiger charge is 2.37. The predicted octanol–water partition coefficient (Wildman–Crippen LogP) is 2.70. The van der Waals surface area contributed by atoms with Crippen molar-refractivity contribution in [3.63, 3.8) is 0 Å². The number of hydrogen-bond acceptors (Lipinski definition) is 5. The number of thiophene rings is 2. The molecule has 0 aromatic carbocycles. The fraction of sp³-hybridized carbons (Fsp3) is 0.438. The zero-order valence-electron chi connectivity index (χ0n) is 12.1. The maximum atomic E-state index is 12.9. The quantitative estimate of drug-likeness (QED) is 0.847. The second-order valence-electron chi connectivity index (χ2n) is 5.43. The number of carbonyl (C=O) groups excluding carboxylic acids is 1. The molecule has 4 nitrogen and oxygen atoms in total. The number of carbonyl (C=O) groups is 1. The van der Waals surface area contributed by atoms with Crippen LogP contribution in [-0.2, 0) is 20.7 Å². The summed E-state index contributed by atoms with van der Waals surface area (Å²) in [7, 11) is 0. The third-order valence-corrected chi connectivity index (χ3v) is 6.07. The van der Waals surface area contributed by atoms with Gasteiger partial charge in [0, 0.05) is 16.3 Å². The van der Waals surface area contributed by atoms with E-state index in [1.807, 2.05) is 11.0 Å². The standard InChI is InChI=1S/C16H17NO3S2/c18-16(12-10-19-6-7-20-12)17-5-3-13-11(4-9-22-13)15(17)14-2-1-8-21-14/h1-2,4,8-9,12,15H,3,5-7,10H2/t12-,15+/m1/s1. The maximum absolute atomic E-state index is 12.9. The topological polar surface area (TPSA) is 38.8 Å². The van der Waals surface area contributed by atoms with Crippen molar-refractivity contribution in [1.29, 1.82) is 0 Å². The highest BCUT2D eigenvalue weighted by molar-refractivity contribution is 7.10. The number of hydrogen-bond donors (Lipinski definition) is 0. The third kappa shape index (κ3) is 2.50. The fourth-order valence-electron chi connectivity index (χ4n) is 3.12. The zero-order chi connectivity index (χ0) is 14.9. The van der Waals surface area contributed by atoms with Gasteiger partial charge in [-0.2, -0.15) is 0 Å². The minimum atomic E-state index is -0.462. The molecule has 2 aliphatic heterocycles. The Morgan fingerprint density at radius 2 is 2.18 bits per heavy atom. The van der Waals surface area contributed by atoms with Crippen molar-refractivity contribution in [3.05, 3.63) is 44.3 Å². The van der Waals surface area contributed by atoms with Crippen LogP contribution in [-0.4, -0.2) is 43.3 Å². The van der Waals surface area contributed by atoms with Gasteiger partial charge in [-0.1, -0.05) is 6.07 Å². The van der Waals surface area contributed by atoms with E-state index in [0.717, 1.165) is 13.0 Å². The molecule has 0 unspecified atom stereocenters. The first-order valence-corrected chi connectivity index (χ1v) is 9.20. The largest absolute Gasteiger partial charge is 0.376 e. The van der Waals surface area contributed by atoms with Crippen LogP contribution in [0.2, 0.25) is 0 Å². The molecule has 0 saturated carbocycles. The van der Waals surface area contributed by atoms with Gasteiger partial charge < -0.3 is 14.4 Å². The van der Waals surface area contributed by atoms with Crippen molar-refractivity contribution in [2.45, 2.75) is 18.6 Å². The van der Waals surface area contributed by atoms with Crippen LogP contribution in [0.15, 0.2) is 29.0 Å². The molecule has 0 spiro atoms. The van der Waals surface area contributed by atoms with Gasteiger partial charge in [-0.25, -0.2) is 0 Å². The van der Waals surface area contributed by atoms with Gasteiger partial charge in [0.1, 0.15) is 0 Å². The molecule has 4 heterocycles. The van der Waals surface area contributed by atoms with Gasteiger partial charge in [-0.15, -0.1) is 22.7 Å². The number of ether oxygens (including phenoxy) is 2. The van der Waals surface area contributed by atoms with Gasteiger partial charge >= 0.3 is 0 Å². The lowest BCUT2D eigenvalue weighted by molar-refractivity contribution is -0.159. The molecule has 6 heteroatoms. The molecule has 0 bridgehead atoms. The van der Waals surface area contributed by atoms with E-state index in [0.29, 0.717) is 19.8 Å². The molecule has 1 saturated heterocycles. The SMILES string of the molecule is O=C([C@H]1COCCO1)N1CCc2sccc2[C@H]1c1cccs1. The summed E-state index contributed by atoms with van der Waals surface area (Å²) in [5.74, 6) is 0.0509. The van der Waals surface area contributed by atoms with Gasteiger partial charge in [0.25, 0.3) is 5.91 Å². The summed E-state index contributed by atoms with van der Waals surface area (Å²) < 4.78 is 11.0. The Morgan fingerprint density at radius 3 is 2.95 bits per heavy atom. The molecular formula is C16H17NO3S2.